The van der Waals surface area contributed by atoms with Crippen molar-refractivity contribution in [3.63, 3.8) is 0 Å². The molecule has 3 N–H and O–H groups in total. The highest BCUT2D eigenvalue weighted by Crippen LogP contribution is 2.34. The van der Waals surface area contributed by atoms with Crippen LogP contribution >= 0.6 is 23.5 Å². The molecule has 0 saturated carbocycles. The molecule has 3 heterocycles. The van der Waals surface area contributed by atoms with E-state index in [2.05, 4.69) is 19.9 Å². The van der Waals surface area contributed by atoms with Gasteiger partial charge in [-0.2, -0.15) is 0 Å². The highest BCUT2D eigenvalue weighted by atomic mass is 32.2. The van der Waals surface area contributed by atoms with Gasteiger partial charge in [0.15, 0.2) is 5.16 Å². The number of hydrogen-bond acceptors (Lipinski definition) is 6. The van der Waals surface area contributed by atoms with E-state index in [9.17, 15) is 4.39 Å². The molecule has 1 atom stereocenters. The van der Waals surface area contributed by atoms with Gasteiger partial charge < -0.3 is 10.7 Å². The Bertz CT molecular complexity index is 820. The molecule has 0 aliphatic carbocycles. The Balaban J connectivity index is 1.87. The van der Waals surface area contributed by atoms with Crippen molar-refractivity contribution in [2.75, 3.05) is 12.0 Å². The molecule has 3 rings (SSSR count). The van der Waals surface area contributed by atoms with E-state index in [-0.39, 0.29) is 11.1 Å². The first-order chi connectivity index (χ1) is 10.6. The Hall–Kier alpha value is -1.80. The second-order valence-corrected chi connectivity index (χ2v) is 6.80. The third kappa shape index (κ3) is 3.02. The lowest BCUT2D eigenvalue weighted by Gasteiger charge is -2.10. The maximum atomic E-state index is 13.7. The molecule has 3 aromatic heterocycles. The Labute approximate surface area is 135 Å². The highest BCUT2D eigenvalue weighted by molar-refractivity contribution is 7.99. The summed E-state index contributed by atoms with van der Waals surface area (Å²) in [5.41, 5.74) is 7.24. The molecule has 0 fully saturated rings. The summed E-state index contributed by atoms with van der Waals surface area (Å²) < 4.78 is 13.7. The van der Waals surface area contributed by atoms with Crippen molar-refractivity contribution in [3.8, 4) is 0 Å². The minimum Gasteiger partial charge on any atom is -0.384 e. The van der Waals surface area contributed by atoms with Gasteiger partial charge in [0.1, 0.15) is 16.7 Å². The second kappa shape index (κ2) is 6.13. The van der Waals surface area contributed by atoms with Crippen LogP contribution in [0.25, 0.3) is 10.9 Å². The fourth-order valence-electron chi connectivity index (χ4n) is 2.02. The molecule has 8 heteroatoms. The number of aromatic nitrogens is 4. The first-order valence-electron chi connectivity index (χ1n) is 6.54. The van der Waals surface area contributed by atoms with Gasteiger partial charge >= 0.3 is 0 Å². The first kappa shape index (κ1) is 15.1. The zero-order chi connectivity index (χ0) is 15.7. The summed E-state index contributed by atoms with van der Waals surface area (Å²) >= 11 is 2.96. The molecular weight excluding hydrogens is 321 g/mol. The first-order valence-corrected chi connectivity index (χ1v) is 8.65. The molecule has 5 nitrogen and oxygen atoms in total. The molecule has 0 aromatic carbocycles. The number of fused-ring (bicyclic) bond motifs is 1. The van der Waals surface area contributed by atoms with E-state index in [1.165, 1.54) is 29.7 Å². The van der Waals surface area contributed by atoms with Gasteiger partial charge in [-0.3, -0.25) is 4.98 Å². The zero-order valence-corrected chi connectivity index (χ0v) is 13.6. The number of aromatic amines is 1. The van der Waals surface area contributed by atoms with Gasteiger partial charge in [-0.15, -0.1) is 11.8 Å². The number of anilines is 1. The Kier molecular flexibility index (Phi) is 4.21. The lowest BCUT2D eigenvalue weighted by Crippen LogP contribution is -1.99. The smallest absolute Gasteiger partial charge is 0.191 e. The van der Waals surface area contributed by atoms with E-state index in [0.717, 1.165) is 10.7 Å². The zero-order valence-electron chi connectivity index (χ0n) is 12.0. The molecule has 22 heavy (non-hydrogen) atoms. The van der Waals surface area contributed by atoms with Gasteiger partial charge in [0.2, 0.25) is 0 Å². The highest BCUT2D eigenvalue weighted by Gasteiger charge is 2.14. The largest absolute Gasteiger partial charge is 0.384 e. The SMILES string of the molecule is CSc1cc(N)nc(SC(C)c2cc3c(F)c[nH]c3cn2)n1. The van der Waals surface area contributed by atoms with Crippen LogP contribution in [0.3, 0.4) is 0 Å². The summed E-state index contributed by atoms with van der Waals surface area (Å²) in [5.74, 6) is 0.162. The van der Waals surface area contributed by atoms with Gasteiger partial charge in [-0.05, 0) is 19.2 Å². The number of nitrogens with one attached hydrogen (secondary N) is 1. The van der Waals surface area contributed by atoms with Crippen molar-refractivity contribution in [3.05, 3.63) is 36.0 Å². The Morgan fingerprint density at radius 1 is 1.32 bits per heavy atom. The van der Waals surface area contributed by atoms with E-state index in [1.54, 1.807) is 18.3 Å². The van der Waals surface area contributed by atoms with Gasteiger partial charge in [-0.1, -0.05) is 11.8 Å². The van der Waals surface area contributed by atoms with Crippen molar-refractivity contribution in [2.45, 2.75) is 22.4 Å². The molecule has 0 spiro atoms. The van der Waals surface area contributed by atoms with Crippen LogP contribution in [-0.4, -0.2) is 26.2 Å². The Morgan fingerprint density at radius 2 is 2.14 bits per heavy atom. The average Bonchev–Trinajstić information content (AvgIpc) is 2.87. The molecule has 3 aromatic rings. The minimum atomic E-state index is -0.277. The third-order valence-corrected chi connectivity index (χ3v) is 4.76. The average molecular weight is 335 g/mol. The van der Waals surface area contributed by atoms with Crippen molar-refractivity contribution < 1.29 is 4.39 Å². The van der Waals surface area contributed by atoms with E-state index < -0.39 is 0 Å². The van der Waals surface area contributed by atoms with Gasteiger partial charge in [0.05, 0.1) is 22.7 Å². The predicted octanol–water partition coefficient (Wildman–Crippen LogP) is 3.65. The number of halogens is 1. The number of nitrogens with zero attached hydrogens (tertiary/aromatic N) is 3. The maximum Gasteiger partial charge on any atom is 0.191 e. The molecule has 0 aliphatic heterocycles. The summed E-state index contributed by atoms with van der Waals surface area (Å²) in [6, 6.07) is 3.49. The summed E-state index contributed by atoms with van der Waals surface area (Å²) in [6.45, 7) is 1.98. The number of thioether (sulfide) groups is 2. The Morgan fingerprint density at radius 3 is 2.91 bits per heavy atom. The molecule has 0 amide bonds. The summed E-state index contributed by atoms with van der Waals surface area (Å²) in [6.07, 6.45) is 4.90. The predicted molar refractivity (Wildman–Crippen MR) is 88.5 cm³/mol. The number of nitrogen functional groups attached to an aromatic ring is 1. The molecule has 0 bridgehead atoms. The third-order valence-electron chi connectivity index (χ3n) is 3.15. The molecule has 0 radical (unpaired) electrons. The van der Waals surface area contributed by atoms with Crippen LogP contribution in [0.15, 0.2) is 34.7 Å². The van der Waals surface area contributed by atoms with Gasteiger partial charge in [0.25, 0.3) is 0 Å². The lowest BCUT2D eigenvalue weighted by atomic mass is 10.2. The quantitative estimate of drug-likeness (QED) is 0.430. The molecule has 1 unspecified atom stereocenters. The summed E-state index contributed by atoms with van der Waals surface area (Å²) in [7, 11) is 0. The summed E-state index contributed by atoms with van der Waals surface area (Å²) in [5, 5.41) is 1.93. The van der Waals surface area contributed by atoms with Crippen LogP contribution in [0, 0.1) is 5.82 Å². The van der Waals surface area contributed by atoms with E-state index in [1.807, 2.05) is 13.2 Å². The van der Waals surface area contributed by atoms with Crippen LogP contribution in [0.4, 0.5) is 10.2 Å². The van der Waals surface area contributed by atoms with Gasteiger partial charge in [-0.25, -0.2) is 14.4 Å². The van der Waals surface area contributed by atoms with Crippen molar-refractivity contribution in [1.82, 2.24) is 19.9 Å². The molecule has 114 valence electrons. The van der Waals surface area contributed by atoms with Crippen LogP contribution in [0.5, 0.6) is 0 Å². The number of pyridine rings is 1. The minimum absolute atomic E-state index is 0.0183. The van der Waals surface area contributed by atoms with Gasteiger partial charge in [0, 0.05) is 17.6 Å². The standard InChI is InChI=1S/C14H14FN5S2/c1-7(22-14-19-12(16)4-13(20-14)21-2)10-3-8-9(15)5-17-11(8)6-18-10/h3-7,17H,1-2H3,(H2,16,19,20). The topological polar surface area (TPSA) is 80.5 Å². The number of H-pyrrole nitrogens is 1. The van der Waals surface area contributed by atoms with Crippen molar-refractivity contribution in [1.29, 1.82) is 0 Å². The monoisotopic (exact) mass is 335 g/mol. The van der Waals surface area contributed by atoms with E-state index >= 15 is 0 Å². The van der Waals surface area contributed by atoms with Crippen molar-refractivity contribution in [2.24, 2.45) is 0 Å². The fourth-order valence-corrected chi connectivity index (χ4v) is 3.37. The lowest BCUT2D eigenvalue weighted by molar-refractivity contribution is 0.639. The van der Waals surface area contributed by atoms with Crippen molar-refractivity contribution >= 4 is 40.2 Å². The van der Waals surface area contributed by atoms with E-state index in [0.29, 0.717) is 21.9 Å². The normalized spacial score (nSPS) is 12.7. The molecule has 0 aliphatic rings. The number of hydrogen-bond donors (Lipinski definition) is 2. The number of rotatable bonds is 4. The second-order valence-electron chi connectivity index (χ2n) is 4.67. The molecular formula is C14H14FN5S2. The van der Waals surface area contributed by atoms with Crippen LogP contribution in [0.1, 0.15) is 17.9 Å². The molecule has 0 saturated heterocycles. The summed E-state index contributed by atoms with van der Waals surface area (Å²) in [4.78, 5) is 15.8. The van der Waals surface area contributed by atoms with E-state index in [4.69, 9.17) is 5.73 Å². The van der Waals surface area contributed by atoms with Crippen LogP contribution in [0.2, 0.25) is 0 Å². The van der Waals surface area contributed by atoms with Crippen LogP contribution in [-0.2, 0) is 0 Å². The number of nitrogens with two attached hydrogens (primary N) is 1. The van der Waals surface area contributed by atoms with Crippen LogP contribution < -0.4 is 5.73 Å². The maximum absolute atomic E-state index is 13.7. The fraction of sp³-hybridized carbons (Fsp3) is 0.214.